The Labute approximate surface area is 113 Å². The summed E-state index contributed by atoms with van der Waals surface area (Å²) in [5, 5.41) is 9.44. The standard InChI is InChI=1S/C14H14F4O2/c15-9-4-5-10(11(8-9)14(16,17)18)13(12(19)20)6-2-1-3-7-13/h4-5,8H,1-3,6-7H2,(H,19,20). The number of hydrogen-bond acceptors (Lipinski definition) is 1. The van der Waals surface area contributed by atoms with E-state index in [9.17, 15) is 27.5 Å². The van der Waals surface area contributed by atoms with Gasteiger partial charge in [0.2, 0.25) is 0 Å². The molecule has 1 N–H and O–H groups in total. The second kappa shape index (κ2) is 5.07. The zero-order valence-corrected chi connectivity index (χ0v) is 10.6. The summed E-state index contributed by atoms with van der Waals surface area (Å²) in [4.78, 5) is 11.6. The Morgan fingerprint density at radius 1 is 1.15 bits per heavy atom. The summed E-state index contributed by atoms with van der Waals surface area (Å²) in [5.74, 6) is -2.29. The average Bonchev–Trinajstić information content (AvgIpc) is 2.38. The molecule has 0 aliphatic heterocycles. The fourth-order valence-corrected chi connectivity index (χ4v) is 2.92. The predicted molar refractivity (Wildman–Crippen MR) is 63.8 cm³/mol. The van der Waals surface area contributed by atoms with Crippen molar-refractivity contribution < 1.29 is 27.5 Å². The van der Waals surface area contributed by atoms with Gasteiger partial charge in [-0.2, -0.15) is 13.2 Å². The van der Waals surface area contributed by atoms with Gasteiger partial charge >= 0.3 is 12.1 Å². The number of alkyl halides is 3. The summed E-state index contributed by atoms with van der Waals surface area (Å²) in [7, 11) is 0. The molecule has 6 heteroatoms. The van der Waals surface area contributed by atoms with Crippen LogP contribution in [-0.4, -0.2) is 11.1 Å². The molecule has 0 amide bonds. The Kier molecular flexibility index (Phi) is 3.75. The molecule has 0 spiro atoms. The summed E-state index contributed by atoms with van der Waals surface area (Å²) in [5.41, 5.74) is -3.06. The van der Waals surface area contributed by atoms with Gasteiger partial charge in [0.15, 0.2) is 0 Å². The van der Waals surface area contributed by atoms with Crippen LogP contribution in [0.1, 0.15) is 43.2 Å². The lowest BCUT2D eigenvalue weighted by Gasteiger charge is -2.35. The molecule has 1 aromatic rings. The predicted octanol–water partition coefficient (Wildman–Crippen LogP) is 4.13. The van der Waals surface area contributed by atoms with Crippen LogP contribution < -0.4 is 0 Å². The van der Waals surface area contributed by atoms with Crippen LogP contribution in [0.2, 0.25) is 0 Å². The smallest absolute Gasteiger partial charge is 0.416 e. The SMILES string of the molecule is O=C(O)C1(c2ccc(F)cc2C(F)(F)F)CCCCC1. The molecular formula is C14H14F4O2. The largest absolute Gasteiger partial charge is 0.481 e. The minimum absolute atomic E-state index is 0.150. The highest BCUT2D eigenvalue weighted by Gasteiger charge is 2.47. The zero-order valence-electron chi connectivity index (χ0n) is 10.6. The van der Waals surface area contributed by atoms with E-state index in [1.54, 1.807) is 0 Å². The molecule has 20 heavy (non-hydrogen) atoms. The van der Waals surface area contributed by atoms with Crippen molar-refractivity contribution in [1.29, 1.82) is 0 Å². The minimum Gasteiger partial charge on any atom is -0.481 e. The van der Waals surface area contributed by atoms with Crippen LogP contribution in [0.3, 0.4) is 0 Å². The first-order chi connectivity index (χ1) is 9.27. The molecule has 1 aliphatic rings. The van der Waals surface area contributed by atoms with E-state index in [4.69, 9.17) is 0 Å². The van der Waals surface area contributed by atoms with Gasteiger partial charge < -0.3 is 5.11 Å². The highest BCUT2D eigenvalue weighted by atomic mass is 19.4. The lowest BCUT2D eigenvalue weighted by molar-refractivity contribution is -0.147. The maximum atomic E-state index is 13.1. The quantitative estimate of drug-likeness (QED) is 0.831. The molecule has 0 unspecified atom stereocenters. The van der Waals surface area contributed by atoms with Gasteiger partial charge in [-0.15, -0.1) is 0 Å². The average molecular weight is 290 g/mol. The van der Waals surface area contributed by atoms with Crippen LogP contribution in [0.25, 0.3) is 0 Å². The van der Waals surface area contributed by atoms with E-state index >= 15 is 0 Å². The van der Waals surface area contributed by atoms with Crippen LogP contribution in [0, 0.1) is 5.82 Å². The van der Waals surface area contributed by atoms with Gasteiger partial charge in [0.05, 0.1) is 11.0 Å². The second-order valence-electron chi connectivity index (χ2n) is 5.14. The molecule has 110 valence electrons. The maximum absolute atomic E-state index is 13.1. The number of carboxylic acids is 1. The Morgan fingerprint density at radius 3 is 2.25 bits per heavy atom. The van der Waals surface area contributed by atoms with Gasteiger partial charge in [-0.25, -0.2) is 4.39 Å². The molecule has 1 aliphatic carbocycles. The first kappa shape index (κ1) is 14.8. The van der Waals surface area contributed by atoms with Crippen LogP contribution in [0.5, 0.6) is 0 Å². The summed E-state index contributed by atoms with van der Waals surface area (Å²) >= 11 is 0. The van der Waals surface area contributed by atoms with Crippen molar-refractivity contribution in [3.05, 3.63) is 35.1 Å². The van der Waals surface area contributed by atoms with Crippen molar-refractivity contribution in [2.75, 3.05) is 0 Å². The molecule has 0 atom stereocenters. The normalized spacial score (nSPS) is 18.8. The van der Waals surface area contributed by atoms with Crippen LogP contribution >= 0.6 is 0 Å². The third kappa shape index (κ3) is 2.51. The first-order valence-electron chi connectivity index (χ1n) is 6.38. The Bertz CT molecular complexity index is 516. The summed E-state index contributed by atoms with van der Waals surface area (Å²) in [6.07, 6.45) is -2.55. The van der Waals surface area contributed by atoms with Crippen LogP contribution in [0.15, 0.2) is 18.2 Å². The number of carbonyl (C=O) groups is 1. The number of hydrogen-bond donors (Lipinski definition) is 1. The summed E-state index contributed by atoms with van der Waals surface area (Å²) in [6, 6.07) is 2.25. The molecule has 1 fully saturated rings. The van der Waals surface area contributed by atoms with E-state index in [1.807, 2.05) is 0 Å². The molecule has 2 rings (SSSR count). The van der Waals surface area contributed by atoms with Crippen molar-refractivity contribution in [1.82, 2.24) is 0 Å². The lowest BCUT2D eigenvalue weighted by Crippen LogP contribution is -2.39. The van der Waals surface area contributed by atoms with Crippen molar-refractivity contribution in [3.8, 4) is 0 Å². The van der Waals surface area contributed by atoms with Crippen LogP contribution in [-0.2, 0) is 16.4 Å². The van der Waals surface area contributed by atoms with Gasteiger partial charge in [-0.3, -0.25) is 4.79 Å². The molecular weight excluding hydrogens is 276 g/mol. The molecule has 2 nitrogen and oxygen atoms in total. The fourth-order valence-electron chi connectivity index (χ4n) is 2.92. The Morgan fingerprint density at radius 2 is 1.75 bits per heavy atom. The van der Waals surface area contributed by atoms with E-state index in [0.29, 0.717) is 18.9 Å². The van der Waals surface area contributed by atoms with Gasteiger partial charge in [0, 0.05) is 0 Å². The molecule has 0 heterocycles. The molecule has 0 radical (unpaired) electrons. The van der Waals surface area contributed by atoms with Crippen molar-refractivity contribution in [2.45, 2.75) is 43.7 Å². The maximum Gasteiger partial charge on any atom is 0.416 e. The highest BCUT2D eigenvalue weighted by Crippen LogP contribution is 2.45. The van der Waals surface area contributed by atoms with Crippen molar-refractivity contribution in [3.63, 3.8) is 0 Å². The minimum atomic E-state index is -4.77. The Hall–Kier alpha value is -1.59. The van der Waals surface area contributed by atoms with E-state index in [1.165, 1.54) is 0 Å². The van der Waals surface area contributed by atoms with Gasteiger partial charge in [-0.05, 0) is 30.5 Å². The van der Waals surface area contributed by atoms with Gasteiger partial charge in [-0.1, -0.05) is 25.3 Å². The monoisotopic (exact) mass is 290 g/mol. The molecule has 1 aromatic carbocycles. The second-order valence-corrected chi connectivity index (χ2v) is 5.14. The zero-order chi connectivity index (χ0) is 15.0. The summed E-state index contributed by atoms with van der Waals surface area (Å²) in [6.45, 7) is 0. The Balaban J connectivity index is 2.62. The molecule has 1 saturated carbocycles. The highest BCUT2D eigenvalue weighted by molar-refractivity contribution is 5.82. The first-order valence-corrected chi connectivity index (χ1v) is 6.38. The third-order valence-corrected chi connectivity index (χ3v) is 3.92. The lowest BCUT2D eigenvalue weighted by atomic mass is 9.68. The number of rotatable bonds is 2. The van der Waals surface area contributed by atoms with Crippen molar-refractivity contribution in [2.24, 2.45) is 0 Å². The molecule has 0 bridgehead atoms. The third-order valence-electron chi connectivity index (χ3n) is 3.92. The van der Waals surface area contributed by atoms with Crippen molar-refractivity contribution >= 4 is 5.97 Å². The fraction of sp³-hybridized carbons (Fsp3) is 0.500. The van der Waals surface area contributed by atoms with E-state index < -0.39 is 28.9 Å². The molecule has 0 saturated heterocycles. The molecule has 0 aromatic heterocycles. The van der Waals surface area contributed by atoms with E-state index in [0.717, 1.165) is 18.6 Å². The number of benzene rings is 1. The van der Waals surface area contributed by atoms with E-state index in [2.05, 4.69) is 0 Å². The van der Waals surface area contributed by atoms with E-state index in [-0.39, 0.29) is 18.4 Å². The number of halogens is 4. The number of carboxylic acid groups (broad SMARTS) is 1. The van der Waals surface area contributed by atoms with Gasteiger partial charge in [0.25, 0.3) is 0 Å². The van der Waals surface area contributed by atoms with Gasteiger partial charge in [0.1, 0.15) is 5.82 Å². The summed E-state index contributed by atoms with van der Waals surface area (Å²) < 4.78 is 52.3. The van der Waals surface area contributed by atoms with Crippen LogP contribution in [0.4, 0.5) is 17.6 Å². The number of aliphatic carboxylic acids is 1. The topological polar surface area (TPSA) is 37.3 Å².